The van der Waals surface area contributed by atoms with Crippen molar-refractivity contribution in [2.24, 2.45) is 11.8 Å². The van der Waals surface area contributed by atoms with Crippen LogP contribution in [-0.4, -0.2) is 23.0 Å². The topological polar surface area (TPSA) is 66.4 Å². The molecule has 0 aromatic carbocycles. The molecule has 120 valence electrons. The summed E-state index contributed by atoms with van der Waals surface area (Å²) in [5.41, 5.74) is 2.27. The molecule has 0 saturated carbocycles. The van der Waals surface area contributed by atoms with Crippen molar-refractivity contribution in [2.45, 2.75) is 72.3 Å². The van der Waals surface area contributed by atoms with E-state index in [0.29, 0.717) is 12.8 Å². The van der Waals surface area contributed by atoms with Crippen LogP contribution in [0.15, 0.2) is 11.1 Å². The van der Waals surface area contributed by atoms with E-state index in [0.717, 1.165) is 30.4 Å². The molecule has 1 aliphatic rings. The van der Waals surface area contributed by atoms with Gasteiger partial charge in [0.05, 0.1) is 11.8 Å². The van der Waals surface area contributed by atoms with Crippen LogP contribution >= 0.6 is 0 Å². The van der Waals surface area contributed by atoms with Gasteiger partial charge in [-0.15, -0.1) is 0 Å². The molecule has 0 heterocycles. The number of hydrogen-bond donors (Lipinski definition) is 2. The fourth-order valence-electron chi connectivity index (χ4n) is 2.95. The fraction of sp³-hybridized carbons (Fsp3) is 0.765. The molecule has 0 bridgehead atoms. The highest BCUT2D eigenvalue weighted by atomic mass is 16.4. The first-order valence-electron chi connectivity index (χ1n) is 8.05. The second-order valence-corrected chi connectivity index (χ2v) is 6.43. The molecule has 0 fully saturated rings. The Balaban J connectivity index is 2.64. The number of carbonyl (C=O) groups excluding carboxylic acids is 1. The van der Waals surface area contributed by atoms with E-state index < -0.39 is 17.8 Å². The SMILES string of the molecule is CCCCC[C@H](C)NC(=O)[C@H]1CC(C)=C(C)C[C@H]1C(=O)O. The lowest BCUT2D eigenvalue weighted by atomic mass is 9.76. The van der Waals surface area contributed by atoms with Gasteiger partial charge in [0.1, 0.15) is 0 Å². The van der Waals surface area contributed by atoms with Gasteiger partial charge in [0.25, 0.3) is 0 Å². The van der Waals surface area contributed by atoms with E-state index >= 15 is 0 Å². The third-order valence-electron chi connectivity index (χ3n) is 4.55. The van der Waals surface area contributed by atoms with Crippen molar-refractivity contribution in [3.63, 3.8) is 0 Å². The number of amides is 1. The largest absolute Gasteiger partial charge is 0.481 e. The lowest BCUT2D eigenvalue weighted by Gasteiger charge is -2.30. The van der Waals surface area contributed by atoms with Crippen molar-refractivity contribution in [3.8, 4) is 0 Å². The molecule has 0 aliphatic heterocycles. The number of unbranched alkanes of at least 4 members (excludes halogenated alkanes) is 2. The zero-order valence-electron chi connectivity index (χ0n) is 13.7. The van der Waals surface area contributed by atoms with Crippen LogP contribution in [-0.2, 0) is 9.59 Å². The minimum atomic E-state index is -0.861. The number of carbonyl (C=O) groups is 2. The predicted octanol–water partition coefficient (Wildman–Crippen LogP) is 3.52. The molecule has 0 aromatic rings. The molecular formula is C17H29NO3. The van der Waals surface area contributed by atoms with Gasteiger partial charge in [-0.05, 0) is 40.0 Å². The summed E-state index contributed by atoms with van der Waals surface area (Å²) >= 11 is 0. The maximum atomic E-state index is 12.4. The quantitative estimate of drug-likeness (QED) is 0.558. The molecule has 2 N–H and O–H groups in total. The van der Waals surface area contributed by atoms with Crippen LogP contribution < -0.4 is 5.32 Å². The van der Waals surface area contributed by atoms with E-state index in [1.165, 1.54) is 6.42 Å². The molecule has 4 nitrogen and oxygen atoms in total. The number of nitrogens with one attached hydrogen (secondary N) is 1. The Hall–Kier alpha value is -1.32. The zero-order valence-corrected chi connectivity index (χ0v) is 13.7. The normalized spacial score (nSPS) is 23.8. The molecule has 21 heavy (non-hydrogen) atoms. The van der Waals surface area contributed by atoms with Crippen molar-refractivity contribution in [3.05, 3.63) is 11.1 Å². The lowest BCUT2D eigenvalue weighted by molar-refractivity contribution is -0.147. The van der Waals surface area contributed by atoms with Crippen molar-refractivity contribution in [1.29, 1.82) is 0 Å². The van der Waals surface area contributed by atoms with Gasteiger partial charge in [-0.3, -0.25) is 9.59 Å². The number of rotatable bonds is 7. The average Bonchev–Trinajstić information content (AvgIpc) is 2.41. The van der Waals surface area contributed by atoms with Gasteiger partial charge in [0.15, 0.2) is 0 Å². The summed E-state index contributed by atoms with van der Waals surface area (Å²) < 4.78 is 0. The second-order valence-electron chi connectivity index (χ2n) is 6.43. The monoisotopic (exact) mass is 295 g/mol. The predicted molar refractivity (Wildman–Crippen MR) is 84.0 cm³/mol. The number of carboxylic acid groups (broad SMARTS) is 1. The van der Waals surface area contributed by atoms with Crippen molar-refractivity contribution < 1.29 is 14.7 Å². The molecule has 1 amide bonds. The van der Waals surface area contributed by atoms with Gasteiger partial charge in [0, 0.05) is 6.04 Å². The highest BCUT2D eigenvalue weighted by Crippen LogP contribution is 2.34. The Morgan fingerprint density at radius 2 is 1.76 bits per heavy atom. The van der Waals surface area contributed by atoms with E-state index in [2.05, 4.69) is 12.2 Å². The molecule has 4 heteroatoms. The Bertz CT molecular complexity index is 414. The molecule has 0 saturated heterocycles. The van der Waals surface area contributed by atoms with E-state index in [-0.39, 0.29) is 11.9 Å². The summed E-state index contributed by atoms with van der Waals surface area (Å²) in [5, 5.41) is 12.4. The molecule has 0 spiro atoms. The van der Waals surface area contributed by atoms with Crippen LogP contribution in [0, 0.1) is 11.8 Å². The highest BCUT2D eigenvalue weighted by Gasteiger charge is 2.37. The number of allylic oxidation sites excluding steroid dienone is 2. The summed E-state index contributed by atoms with van der Waals surface area (Å²) in [5.74, 6) is -1.98. The van der Waals surface area contributed by atoms with Crippen LogP contribution in [0.25, 0.3) is 0 Å². The smallest absolute Gasteiger partial charge is 0.307 e. The maximum absolute atomic E-state index is 12.4. The van der Waals surface area contributed by atoms with Crippen molar-refractivity contribution in [2.75, 3.05) is 0 Å². The molecule has 0 radical (unpaired) electrons. The van der Waals surface area contributed by atoms with Crippen molar-refractivity contribution in [1.82, 2.24) is 5.32 Å². The van der Waals surface area contributed by atoms with Crippen molar-refractivity contribution >= 4 is 11.9 Å². The minimum Gasteiger partial charge on any atom is -0.481 e. The van der Waals surface area contributed by atoms with Crippen LogP contribution in [0.3, 0.4) is 0 Å². The van der Waals surface area contributed by atoms with Gasteiger partial charge in [0.2, 0.25) is 5.91 Å². The summed E-state index contributed by atoms with van der Waals surface area (Å²) in [7, 11) is 0. The van der Waals surface area contributed by atoms with Crippen LogP contribution in [0.4, 0.5) is 0 Å². The standard InChI is InChI=1S/C17H29NO3/c1-5-6-7-8-13(4)18-16(19)14-9-11(2)12(3)10-15(14)17(20)21/h13-15H,5-10H2,1-4H3,(H,18,19)(H,20,21)/t13-,14-,15+/m0/s1. The van der Waals surface area contributed by atoms with Gasteiger partial charge in [-0.1, -0.05) is 37.3 Å². The molecule has 0 aromatic heterocycles. The third-order valence-corrected chi connectivity index (χ3v) is 4.55. The van der Waals surface area contributed by atoms with Gasteiger partial charge in [-0.2, -0.15) is 0 Å². The first-order chi connectivity index (χ1) is 9.86. The Morgan fingerprint density at radius 1 is 1.19 bits per heavy atom. The van der Waals surface area contributed by atoms with E-state index in [1.54, 1.807) is 0 Å². The van der Waals surface area contributed by atoms with Gasteiger partial charge < -0.3 is 10.4 Å². The van der Waals surface area contributed by atoms with Crippen LogP contribution in [0.5, 0.6) is 0 Å². The number of aliphatic carboxylic acids is 1. The Morgan fingerprint density at radius 3 is 2.29 bits per heavy atom. The first kappa shape index (κ1) is 17.7. The Labute approximate surface area is 128 Å². The highest BCUT2D eigenvalue weighted by molar-refractivity contribution is 5.85. The third kappa shape index (κ3) is 5.18. The summed E-state index contributed by atoms with van der Waals surface area (Å²) in [4.78, 5) is 23.8. The molecule has 1 rings (SSSR count). The van der Waals surface area contributed by atoms with Gasteiger partial charge in [-0.25, -0.2) is 0 Å². The lowest BCUT2D eigenvalue weighted by Crippen LogP contribution is -2.43. The van der Waals surface area contributed by atoms with E-state index in [1.807, 2.05) is 20.8 Å². The number of carboxylic acids is 1. The molecule has 3 atom stereocenters. The maximum Gasteiger partial charge on any atom is 0.307 e. The molecular weight excluding hydrogens is 266 g/mol. The zero-order chi connectivity index (χ0) is 16.0. The fourth-order valence-corrected chi connectivity index (χ4v) is 2.95. The molecule has 1 aliphatic carbocycles. The van der Waals surface area contributed by atoms with Crippen LogP contribution in [0.1, 0.15) is 66.2 Å². The van der Waals surface area contributed by atoms with Gasteiger partial charge >= 0.3 is 5.97 Å². The van der Waals surface area contributed by atoms with E-state index in [9.17, 15) is 14.7 Å². The average molecular weight is 295 g/mol. The first-order valence-corrected chi connectivity index (χ1v) is 8.05. The Kier molecular flexibility index (Phi) is 6.93. The number of hydrogen-bond acceptors (Lipinski definition) is 2. The minimum absolute atomic E-state index is 0.0988. The summed E-state index contributed by atoms with van der Waals surface area (Å²) in [6, 6.07) is 0.116. The summed E-state index contributed by atoms with van der Waals surface area (Å²) in [6.45, 7) is 8.12. The molecule has 0 unspecified atom stereocenters. The van der Waals surface area contributed by atoms with Crippen LogP contribution in [0.2, 0.25) is 0 Å². The van der Waals surface area contributed by atoms with E-state index in [4.69, 9.17) is 0 Å². The summed E-state index contributed by atoms with van der Waals surface area (Å²) in [6.07, 6.45) is 5.44. The second kappa shape index (κ2) is 8.20.